The lowest BCUT2D eigenvalue weighted by molar-refractivity contribution is 0.0746. The number of rotatable bonds is 5. The average Bonchev–Trinajstić information content (AvgIpc) is 2.83. The Balaban J connectivity index is 1.40. The molecule has 4 rings (SSSR count). The monoisotopic (exact) mass is 453 g/mol. The van der Waals surface area contributed by atoms with Gasteiger partial charge in [0, 0.05) is 37.3 Å². The van der Waals surface area contributed by atoms with E-state index in [-0.39, 0.29) is 10.8 Å². The Morgan fingerprint density at radius 1 is 0.938 bits per heavy atom. The number of carbonyl (C=O) groups excluding carboxylic acids is 1. The number of anilines is 1. The highest BCUT2D eigenvalue weighted by molar-refractivity contribution is 7.89. The van der Waals surface area contributed by atoms with Gasteiger partial charge in [0.1, 0.15) is 5.75 Å². The van der Waals surface area contributed by atoms with E-state index >= 15 is 0 Å². The van der Waals surface area contributed by atoms with Crippen LogP contribution in [-0.2, 0) is 10.0 Å². The number of ether oxygens (including phenoxy) is 1. The summed E-state index contributed by atoms with van der Waals surface area (Å²) < 4.78 is 28.1. The number of sulfonamides is 1. The third-order valence-corrected chi connectivity index (χ3v) is 6.28. The quantitative estimate of drug-likeness (QED) is 0.625. The second-order valence-corrected chi connectivity index (χ2v) is 8.89. The lowest BCUT2D eigenvalue weighted by Crippen LogP contribution is -2.49. The maximum atomic E-state index is 12.8. The van der Waals surface area contributed by atoms with Gasteiger partial charge < -0.3 is 14.5 Å². The van der Waals surface area contributed by atoms with E-state index in [0.29, 0.717) is 31.7 Å². The molecular weight excluding hydrogens is 430 g/mol. The topological polar surface area (TPSA) is 119 Å². The summed E-state index contributed by atoms with van der Waals surface area (Å²) in [6.45, 7) is 2.27. The maximum Gasteiger partial charge on any atom is 0.253 e. The molecule has 1 saturated heterocycles. The normalized spacial score (nSPS) is 14.3. The Kier molecular flexibility index (Phi) is 6.06. The van der Waals surface area contributed by atoms with Crippen molar-refractivity contribution in [3.05, 3.63) is 66.2 Å². The number of methoxy groups -OCH3 is 1. The first kappa shape index (κ1) is 21.7. The molecule has 166 valence electrons. The molecular formula is C22H23N5O4S. The highest BCUT2D eigenvalue weighted by Gasteiger charge is 2.23. The molecule has 0 radical (unpaired) electrons. The van der Waals surface area contributed by atoms with Crippen LogP contribution in [0.3, 0.4) is 0 Å². The molecule has 2 N–H and O–H groups in total. The van der Waals surface area contributed by atoms with Crippen LogP contribution < -0.4 is 14.8 Å². The van der Waals surface area contributed by atoms with Crippen molar-refractivity contribution in [2.75, 3.05) is 38.2 Å². The van der Waals surface area contributed by atoms with E-state index in [1.807, 2.05) is 36.4 Å². The molecule has 2 aromatic carbocycles. The van der Waals surface area contributed by atoms with Crippen LogP contribution in [0.15, 0.2) is 65.6 Å². The molecule has 1 fully saturated rings. The van der Waals surface area contributed by atoms with Gasteiger partial charge in [0.25, 0.3) is 5.91 Å². The van der Waals surface area contributed by atoms with Gasteiger partial charge in [-0.25, -0.2) is 13.6 Å². The van der Waals surface area contributed by atoms with Gasteiger partial charge in [0.15, 0.2) is 5.82 Å². The number of piperazine rings is 1. The second kappa shape index (κ2) is 8.93. The van der Waals surface area contributed by atoms with Gasteiger partial charge in [-0.1, -0.05) is 12.1 Å². The summed E-state index contributed by atoms with van der Waals surface area (Å²) >= 11 is 0. The highest BCUT2D eigenvalue weighted by Crippen LogP contribution is 2.28. The molecule has 10 heteroatoms. The van der Waals surface area contributed by atoms with Crippen molar-refractivity contribution < 1.29 is 17.9 Å². The number of amides is 1. The number of hydrogen-bond donors (Lipinski definition) is 1. The van der Waals surface area contributed by atoms with Crippen molar-refractivity contribution in [2.24, 2.45) is 5.14 Å². The average molecular weight is 454 g/mol. The molecule has 1 aromatic heterocycles. The van der Waals surface area contributed by atoms with Crippen molar-refractivity contribution in [2.45, 2.75) is 4.90 Å². The number of primary sulfonamides is 1. The van der Waals surface area contributed by atoms with E-state index in [2.05, 4.69) is 15.1 Å². The number of para-hydroxylation sites is 1. The van der Waals surface area contributed by atoms with Gasteiger partial charge in [-0.3, -0.25) is 4.79 Å². The first-order chi connectivity index (χ1) is 15.4. The van der Waals surface area contributed by atoms with E-state index in [1.165, 1.54) is 24.3 Å². The Hall–Kier alpha value is -3.50. The minimum atomic E-state index is -3.78. The molecule has 2 heterocycles. The molecule has 0 aliphatic carbocycles. The van der Waals surface area contributed by atoms with Gasteiger partial charge in [-0.15, -0.1) is 10.2 Å². The molecule has 3 aromatic rings. The number of benzene rings is 2. The van der Waals surface area contributed by atoms with Gasteiger partial charge in [-0.2, -0.15) is 0 Å². The Morgan fingerprint density at radius 3 is 2.22 bits per heavy atom. The molecule has 9 nitrogen and oxygen atoms in total. The SMILES string of the molecule is COc1ccccc1-c1ccc(N2CCN(C(=O)c3ccc(S(N)(=O)=O)cc3)CC2)nn1. The fraction of sp³-hybridized carbons (Fsp3) is 0.227. The van der Waals surface area contributed by atoms with E-state index in [4.69, 9.17) is 9.88 Å². The largest absolute Gasteiger partial charge is 0.496 e. The van der Waals surface area contributed by atoms with Crippen LogP contribution in [0, 0.1) is 0 Å². The van der Waals surface area contributed by atoms with Crippen LogP contribution in [0.2, 0.25) is 0 Å². The fourth-order valence-electron chi connectivity index (χ4n) is 3.60. The number of carbonyl (C=O) groups is 1. The van der Waals surface area contributed by atoms with E-state index in [0.717, 1.165) is 22.8 Å². The zero-order valence-electron chi connectivity index (χ0n) is 17.5. The summed E-state index contributed by atoms with van der Waals surface area (Å²) in [7, 11) is -2.16. The van der Waals surface area contributed by atoms with E-state index < -0.39 is 10.0 Å². The highest BCUT2D eigenvalue weighted by atomic mass is 32.2. The molecule has 0 bridgehead atoms. The fourth-order valence-corrected chi connectivity index (χ4v) is 4.12. The summed E-state index contributed by atoms with van der Waals surface area (Å²) in [6, 6.07) is 17.1. The molecule has 1 aliphatic heterocycles. The molecule has 0 spiro atoms. The molecule has 0 unspecified atom stereocenters. The van der Waals surface area contributed by atoms with Crippen LogP contribution in [0.4, 0.5) is 5.82 Å². The third-order valence-electron chi connectivity index (χ3n) is 5.35. The van der Waals surface area contributed by atoms with Gasteiger partial charge in [0.05, 0.1) is 17.7 Å². The zero-order chi connectivity index (χ0) is 22.7. The maximum absolute atomic E-state index is 12.8. The Labute approximate surface area is 186 Å². The number of nitrogens with zero attached hydrogens (tertiary/aromatic N) is 4. The van der Waals surface area contributed by atoms with Crippen molar-refractivity contribution in [3.8, 4) is 17.0 Å². The predicted molar refractivity (Wildman–Crippen MR) is 120 cm³/mol. The Morgan fingerprint density at radius 2 is 1.62 bits per heavy atom. The molecule has 0 saturated carbocycles. The number of hydrogen-bond acceptors (Lipinski definition) is 7. The van der Waals surface area contributed by atoms with Crippen molar-refractivity contribution in [1.82, 2.24) is 15.1 Å². The van der Waals surface area contributed by atoms with E-state index in [1.54, 1.807) is 12.0 Å². The van der Waals surface area contributed by atoms with Crippen LogP contribution in [0.5, 0.6) is 5.75 Å². The minimum absolute atomic E-state index is 0.0194. The number of aromatic nitrogens is 2. The summed E-state index contributed by atoms with van der Waals surface area (Å²) in [5, 5.41) is 13.8. The van der Waals surface area contributed by atoms with Gasteiger partial charge in [-0.05, 0) is 48.5 Å². The van der Waals surface area contributed by atoms with Crippen molar-refractivity contribution in [1.29, 1.82) is 0 Å². The summed E-state index contributed by atoms with van der Waals surface area (Å²) in [4.78, 5) is 16.5. The standard InChI is InChI=1S/C22H23N5O4S/c1-31-20-5-3-2-4-18(20)19-10-11-21(25-24-19)26-12-14-27(15-13-26)22(28)16-6-8-17(9-7-16)32(23,29)30/h2-11H,12-15H2,1H3,(H2,23,29,30). The minimum Gasteiger partial charge on any atom is -0.496 e. The summed E-state index contributed by atoms with van der Waals surface area (Å²) in [5.74, 6) is 1.33. The second-order valence-electron chi connectivity index (χ2n) is 7.33. The third kappa shape index (κ3) is 4.56. The zero-order valence-corrected chi connectivity index (χ0v) is 18.3. The molecule has 32 heavy (non-hydrogen) atoms. The summed E-state index contributed by atoms with van der Waals surface area (Å²) in [6.07, 6.45) is 0. The van der Waals surface area contributed by atoms with Crippen LogP contribution in [0.25, 0.3) is 11.3 Å². The van der Waals surface area contributed by atoms with Crippen LogP contribution in [-0.4, -0.2) is 62.7 Å². The first-order valence-electron chi connectivity index (χ1n) is 10.0. The van der Waals surface area contributed by atoms with E-state index in [9.17, 15) is 13.2 Å². The smallest absolute Gasteiger partial charge is 0.253 e. The van der Waals surface area contributed by atoms with Gasteiger partial charge in [0.2, 0.25) is 10.0 Å². The predicted octanol–water partition coefficient (Wildman–Crippen LogP) is 1.76. The molecule has 1 aliphatic rings. The first-order valence-corrected chi connectivity index (χ1v) is 11.6. The Bertz CT molecular complexity index is 1210. The van der Waals surface area contributed by atoms with Crippen LogP contribution in [0.1, 0.15) is 10.4 Å². The molecule has 1 amide bonds. The molecule has 0 atom stereocenters. The lowest BCUT2D eigenvalue weighted by atomic mass is 10.1. The summed E-state index contributed by atoms with van der Waals surface area (Å²) in [5.41, 5.74) is 2.02. The van der Waals surface area contributed by atoms with Crippen molar-refractivity contribution >= 4 is 21.7 Å². The van der Waals surface area contributed by atoms with Crippen molar-refractivity contribution in [3.63, 3.8) is 0 Å². The van der Waals surface area contributed by atoms with Crippen LogP contribution >= 0.6 is 0 Å². The lowest BCUT2D eigenvalue weighted by Gasteiger charge is -2.35. The van der Waals surface area contributed by atoms with Gasteiger partial charge >= 0.3 is 0 Å². The number of nitrogens with two attached hydrogens (primary N) is 1.